The van der Waals surface area contributed by atoms with Crippen LogP contribution in [0.3, 0.4) is 0 Å². The standard InChI is InChI=1S/C22H24FN3O4S/c1-15-6-11-18(31(28,29)25-17-9-7-16(23)8-10-17)13-19(15)22(27)24-14-20(26(2)3)21-5-4-12-30-21/h4-13,20,25H,14H2,1-3H3,(H,24,27). The minimum absolute atomic E-state index is 0.0669. The quantitative estimate of drug-likeness (QED) is 0.553. The predicted molar refractivity (Wildman–Crippen MR) is 116 cm³/mol. The van der Waals surface area contributed by atoms with E-state index < -0.39 is 21.7 Å². The summed E-state index contributed by atoms with van der Waals surface area (Å²) in [7, 11) is -0.207. The van der Waals surface area contributed by atoms with E-state index >= 15 is 0 Å². The van der Waals surface area contributed by atoms with Gasteiger partial charge in [0.05, 0.1) is 17.2 Å². The molecule has 0 radical (unpaired) electrons. The third-order valence-corrected chi connectivity index (χ3v) is 6.19. The number of likely N-dealkylation sites (N-methyl/N-ethyl adjacent to an activating group) is 1. The van der Waals surface area contributed by atoms with Crippen molar-refractivity contribution in [1.29, 1.82) is 0 Å². The van der Waals surface area contributed by atoms with Gasteiger partial charge >= 0.3 is 0 Å². The monoisotopic (exact) mass is 445 g/mol. The second kappa shape index (κ2) is 9.32. The summed E-state index contributed by atoms with van der Waals surface area (Å²) in [6.07, 6.45) is 1.57. The van der Waals surface area contributed by atoms with Crippen molar-refractivity contribution in [2.75, 3.05) is 25.4 Å². The number of furan rings is 1. The maximum atomic E-state index is 13.1. The molecule has 9 heteroatoms. The van der Waals surface area contributed by atoms with E-state index in [1.54, 1.807) is 25.3 Å². The molecule has 0 aliphatic carbocycles. The molecule has 3 rings (SSSR count). The van der Waals surface area contributed by atoms with Gasteiger partial charge in [-0.1, -0.05) is 6.07 Å². The van der Waals surface area contributed by atoms with Crippen molar-refractivity contribution in [3.05, 3.63) is 83.6 Å². The first-order valence-corrected chi connectivity index (χ1v) is 11.0. The Hall–Kier alpha value is -3.17. The van der Waals surface area contributed by atoms with Crippen molar-refractivity contribution in [1.82, 2.24) is 10.2 Å². The van der Waals surface area contributed by atoms with E-state index in [1.807, 2.05) is 25.1 Å². The Morgan fingerprint density at radius 3 is 2.45 bits per heavy atom. The van der Waals surface area contributed by atoms with Crippen LogP contribution in [0.15, 0.2) is 70.2 Å². The lowest BCUT2D eigenvalue weighted by atomic mass is 10.1. The summed E-state index contributed by atoms with van der Waals surface area (Å²) in [5, 5.41) is 2.85. The van der Waals surface area contributed by atoms with Crippen LogP contribution < -0.4 is 10.0 Å². The van der Waals surface area contributed by atoms with Gasteiger partial charge < -0.3 is 9.73 Å². The molecule has 0 aliphatic rings. The zero-order chi connectivity index (χ0) is 22.6. The molecular weight excluding hydrogens is 421 g/mol. The van der Waals surface area contributed by atoms with E-state index in [-0.39, 0.29) is 28.7 Å². The van der Waals surface area contributed by atoms with Gasteiger partial charge in [0.25, 0.3) is 15.9 Å². The number of sulfonamides is 1. The normalized spacial score (nSPS) is 12.5. The highest BCUT2D eigenvalue weighted by Crippen LogP contribution is 2.21. The van der Waals surface area contributed by atoms with Crippen molar-refractivity contribution in [2.24, 2.45) is 0 Å². The Morgan fingerprint density at radius 1 is 1.13 bits per heavy atom. The first kappa shape index (κ1) is 22.5. The zero-order valence-electron chi connectivity index (χ0n) is 17.4. The van der Waals surface area contributed by atoms with Gasteiger partial charge in [-0.2, -0.15) is 0 Å². The van der Waals surface area contributed by atoms with Crippen molar-refractivity contribution in [3.63, 3.8) is 0 Å². The van der Waals surface area contributed by atoms with Gasteiger partial charge in [-0.25, -0.2) is 12.8 Å². The summed E-state index contributed by atoms with van der Waals surface area (Å²) in [5.74, 6) is -0.153. The molecule has 0 fully saturated rings. The van der Waals surface area contributed by atoms with Gasteiger partial charge in [0.2, 0.25) is 0 Å². The van der Waals surface area contributed by atoms with Crippen LogP contribution >= 0.6 is 0 Å². The van der Waals surface area contributed by atoms with Gasteiger partial charge in [-0.05, 0) is 75.1 Å². The number of carbonyl (C=O) groups is 1. The molecule has 0 bridgehead atoms. The number of carbonyl (C=O) groups excluding carboxylic acids is 1. The van der Waals surface area contributed by atoms with Gasteiger partial charge in [0.15, 0.2) is 0 Å². The third kappa shape index (κ3) is 5.50. The lowest BCUT2D eigenvalue weighted by Crippen LogP contribution is -2.34. The summed E-state index contributed by atoms with van der Waals surface area (Å²) in [4.78, 5) is 14.7. The number of aryl methyl sites for hydroxylation is 1. The molecule has 31 heavy (non-hydrogen) atoms. The highest BCUT2D eigenvalue weighted by atomic mass is 32.2. The van der Waals surface area contributed by atoms with Crippen LogP contribution in [-0.4, -0.2) is 39.9 Å². The Kier molecular flexibility index (Phi) is 6.77. The largest absolute Gasteiger partial charge is 0.468 e. The van der Waals surface area contributed by atoms with Crippen LogP contribution in [0.25, 0.3) is 0 Å². The average Bonchev–Trinajstić information content (AvgIpc) is 3.24. The maximum Gasteiger partial charge on any atom is 0.261 e. The molecule has 2 aromatic carbocycles. The number of amides is 1. The van der Waals surface area contributed by atoms with Crippen LogP contribution in [0.5, 0.6) is 0 Å². The molecule has 3 aromatic rings. The molecule has 1 unspecified atom stereocenters. The van der Waals surface area contributed by atoms with Crippen molar-refractivity contribution >= 4 is 21.6 Å². The van der Waals surface area contributed by atoms with Crippen LogP contribution in [0.2, 0.25) is 0 Å². The molecular formula is C22H24FN3O4S. The lowest BCUT2D eigenvalue weighted by molar-refractivity contribution is 0.0938. The van der Waals surface area contributed by atoms with Crippen molar-refractivity contribution in [3.8, 4) is 0 Å². The first-order valence-electron chi connectivity index (χ1n) is 9.54. The zero-order valence-corrected chi connectivity index (χ0v) is 18.2. The van der Waals surface area contributed by atoms with E-state index in [4.69, 9.17) is 4.42 Å². The Balaban J connectivity index is 1.78. The minimum Gasteiger partial charge on any atom is -0.468 e. The number of hydrogen-bond donors (Lipinski definition) is 2. The molecule has 1 aromatic heterocycles. The average molecular weight is 446 g/mol. The molecule has 0 saturated heterocycles. The molecule has 1 amide bonds. The maximum absolute atomic E-state index is 13.1. The molecule has 0 saturated carbocycles. The number of hydrogen-bond acceptors (Lipinski definition) is 5. The molecule has 164 valence electrons. The second-order valence-corrected chi connectivity index (χ2v) is 8.98. The van der Waals surface area contributed by atoms with Crippen LogP contribution in [-0.2, 0) is 10.0 Å². The molecule has 0 aliphatic heterocycles. The topological polar surface area (TPSA) is 91.6 Å². The van der Waals surface area contributed by atoms with Gasteiger partial charge in [0, 0.05) is 17.8 Å². The smallest absolute Gasteiger partial charge is 0.261 e. The molecule has 2 N–H and O–H groups in total. The fraction of sp³-hybridized carbons (Fsp3) is 0.227. The molecule has 0 spiro atoms. The number of benzene rings is 2. The summed E-state index contributed by atoms with van der Waals surface area (Å²) in [5.41, 5.74) is 1.11. The summed E-state index contributed by atoms with van der Waals surface area (Å²) in [6.45, 7) is 2.01. The number of halogens is 1. The van der Waals surface area contributed by atoms with Crippen LogP contribution in [0.1, 0.15) is 27.7 Å². The van der Waals surface area contributed by atoms with E-state index in [1.165, 1.54) is 24.3 Å². The highest BCUT2D eigenvalue weighted by Gasteiger charge is 2.21. The summed E-state index contributed by atoms with van der Waals surface area (Å²) >= 11 is 0. The van der Waals surface area contributed by atoms with Crippen LogP contribution in [0, 0.1) is 12.7 Å². The minimum atomic E-state index is -3.95. The first-order chi connectivity index (χ1) is 14.7. The van der Waals surface area contributed by atoms with Gasteiger partial charge in [0.1, 0.15) is 11.6 Å². The Labute approximate surface area is 180 Å². The van der Waals surface area contributed by atoms with Gasteiger partial charge in [-0.3, -0.25) is 14.4 Å². The van der Waals surface area contributed by atoms with Crippen LogP contribution in [0.4, 0.5) is 10.1 Å². The molecule has 7 nitrogen and oxygen atoms in total. The fourth-order valence-electron chi connectivity index (χ4n) is 3.05. The van der Waals surface area contributed by atoms with E-state index in [0.717, 1.165) is 12.1 Å². The van der Waals surface area contributed by atoms with E-state index in [2.05, 4.69) is 10.0 Å². The fourth-order valence-corrected chi connectivity index (χ4v) is 4.13. The number of nitrogens with one attached hydrogen (secondary N) is 2. The Bertz CT molecular complexity index is 1140. The number of rotatable bonds is 8. The molecule has 1 heterocycles. The van der Waals surface area contributed by atoms with E-state index in [9.17, 15) is 17.6 Å². The third-order valence-electron chi connectivity index (χ3n) is 4.81. The second-order valence-electron chi connectivity index (χ2n) is 7.29. The summed E-state index contributed by atoms with van der Waals surface area (Å²) < 4.78 is 46.4. The SMILES string of the molecule is Cc1ccc(S(=O)(=O)Nc2ccc(F)cc2)cc1C(=O)NCC(c1ccco1)N(C)C. The van der Waals surface area contributed by atoms with E-state index in [0.29, 0.717) is 11.3 Å². The highest BCUT2D eigenvalue weighted by molar-refractivity contribution is 7.92. The van der Waals surface area contributed by atoms with Crippen molar-refractivity contribution in [2.45, 2.75) is 17.9 Å². The molecule has 1 atom stereocenters. The van der Waals surface area contributed by atoms with Crippen molar-refractivity contribution < 1.29 is 22.0 Å². The number of nitrogens with zero attached hydrogens (tertiary/aromatic N) is 1. The van der Waals surface area contributed by atoms with Gasteiger partial charge in [-0.15, -0.1) is 0 Å². The lowest BCUT2D eigenvalue weighted by Gasteiger charge is -2.22. The Morgan fingerprint density at radius 2 is 1.84 bits per heavy atom. The number of anilines is 1. The predicted octanol–water partition coefficient (Wildman–Crippen LogP) is 3.56. The summed E-state index contributed by atoms with van der Waals surface area (Å²) in [6, 6.07) is 12.7.